The molecule has 0 atom stereocenters. The van der Waals surface area contributed by atoms with Gasteiger partial charge in [-0.3, -0.25) is 4.79 Å². The van der Waals surface area contributed by atoms with E-state index in [0.717, 1.165) is 28.2 Å². The number of nitrogens with zero attached hydrogens (tertiary/aromatic N) is 3. The van der Waals surface area contributed by atoms with E-state index in [1.165, 1.54) is 0 Å². The van der Waals surface area contributed by atoms with E-state index in [2.05, 4.69) is 10.1 Å². The molecule has 21 heavy (non-hydrogen) atoms. The van der Waals surface area contributed by atoms with Gasteiger partial charge in [-0.15, -0.1) is 0 Å². The second kappa shape index (κ2) is 6.51. The fraction of sp³-hybridized carbons (Fsp3) is 0.133. The molecule has 0 aliphatic rings. The molecule has 2 heterocycles. The zero-order valence-corrected chi connectivity index (χ0v) is 11.7. The summed E-state index contributed by atoms with van der Waals surface area (Å²) in [5.41, 5.74) is 3.94. The molecule has 0 bridgehead atoms. The predicted molar refractivity (Wildman–Crippen MR) is 78.4 cm³/mol. The maximum absolute atomic E-state index is 8.36. The maximum Gasteiger partial charge on any atom is 0.290 e. The van der Waals surface area contributed by atoms with Gasteiger partial charge in [0, 0.05) is 18.0 Å². The van der Waals surface area contributed by atoms with Gasteiger partial charge in [-0.25, -0.2) is 9.50 Å². The van der Waals surface area contributed by atoms with Crippen molar-refractivity contribution in [3.8, 4) is 16.9 Å². The maximum atomic E-state index is 8.36. The van der Waals surface area contributed by atoms with Gasteiger partial charge in [-0.05, 0) is 30.7 Å². The second-order valence-corrected chi connectivity index (χ2v) is 4.19. The molecule has 3 rings (SSSR count). The predicted octanol–water partition coefficient (Wildman–Crippen LogP) is 2.41. The summed E-state index contributed by atoms with van der Waals surface area (Å²) in [6.45, 7) is 1.74. The van der Waals surface area contributed by atoms with E-state index < -0.39 is 0 Å². The van der Waals surface area contributed by atoms with Crippen molar-refractivity contribution in [2.24, 2.45) is 0 Å². The second-order valence-electron chi connectivity index (χ2n) is 4.19. The van der Waals surface area contributed by atoms with Crippen LogP contribution >= 0.6 is 0 Å². The van der Waals surface area contributed by atoms with Crippen LogP contribution in [0.4, 0.5) is 0 Å². The van der Waals surface area contributed by atoms with Crippen LogP contribution in [0.25, 0.3) is 16.8 Å². The number of hydrogen-bond acceptors (Lipinski definition) is 4. The van der Waals surface area contributed by atoms with Crippen LogP contribution in [0.2, 0.25) is 0 Å². The van der Waals surface area contributed by atoms with Crippen LogP contribution in [0.3, 0.4) is 0 Å². The first-order chi connectivity index (χ1) is 10.2. The molecule has 0 aliphatic carbocycles. The lowest BCUT2D eigenvalue weighted by Crippen LogP contribution is -1.88. The molecule has 0 spiro atoms. The van der Waals surface area contributed by atoms with Crippen LogP contribution in [-0.2, 0) is 4.79 Å². The molecule has 1 aromatic carbocycles. The Labute approximate surface area is 121 Å². The molecule has 0 fully saturated rings. The summed E-state index contributed by atoms with van der Waals surface area (Å²) < 4.78 is 7.05. The minimum atomic E-state index is -0.250. The summed E-state index contributed by atoms with van der Waals surface area (Å²) in [6, 6.07) is 9.81. The summed E-state index contributed by atoms with van der Waals surface area (Å²) in [5.74, 6) is 0.835. The van der Waals surface area contributed by atoms with E-state index in [-0.39, 0.29) is 6.47 Å². The average molecular weight is 285 g/mol. The lowest BCUT2D eigenvalue weighted by molar-refractivity contribution is -0.122. The number of ether oxygens (including phenoxy) is 1. The van der Waals surface area contributed by atoms with Crippen LogP contribution in [0, 0.1) is 6.92 Å². The SMILES string of the molecule is COc1cccc(-c2c(C)nn3cccnc23)c1.O=CO. The van der Waals surface area contributed by atoms with Gasteiger partial charge in [0.25, 0.3) is 6.47 Å². The van der Waals surface area contributed by atoms with E-state index >= 15 is 0 Å². The molecule has 108 valence electrons. The Kier molecular flexibility index (Phi) is 4.50. The van der Waals surface area contributed by atoms with E-state index in [1.54, 1.807) is 17.8 Å². The molecule has 0 saturated carbocycles. The lowest BCUT2D eigenvalue weighted by Gasteiger charge is -2.03. The molecule has 6 heteroatoms. The van der Waals surface area contributed by atoms with Gasteiger partial charge >= 0.3 is 0 Å². The molecular formula is C15H15N3O3. The lowest BCUT2D eigenvalue weighted by atomic mass is 10.1. The van der Waals surface area contributed by atoms with Crippen molar-refractivity contribution in [1.82, 2.24) is 14.6 Å². The highest BCUT2D eigenvalue weighted by Crippen LogP contribution is 2.29. The zero-order chi connectivity index (χ0) is 15.2. The third-order valence-electron chi connectivity index (χ3n) is 2.93. The summed E-state index contributed by atoms with van der Waals surface area (Å²) >= 11 is 0. The van der Waals surface area contributed by atoms with Crippen LogP contribution in [-0.4, -0.2) is 33.3 Å². The third kappa shape index (κ3) is 3.00. The summed E-state index contributed by atoms with van der Waals surface area (Å²) in [4.78, 5) is 12.8. The molecule has 0 radical (unpaired) electrons. The van der Waals surface area contributed by atoms with E-state index in [0.29, 0.717) is 0 Å². The Bertz CT molecular complexity index is 753. The molecule has 0 unspecified atom stereocenters. The number of methoxy groups -OCH3 is 1. The highest BCUT2D eigenvalue weighted by molar-refractivity contribution is 5.80. The van der Waals surface area contributed by atoms with Crippen molar-refractivity contribution in [3.05, 3.63) is 48.4 Å². The van der Waals surface area contributed by atoms with Crippen LogP contribution in [0.1, 0.15) is 5.69 Å². The van der Waals surface area contributed by atoms with Gasteiger partial charge in [0.15, 0.2) is 5.65 Å². The highest BCUT2D eigenvalue weighted by Gasteiger charge is 2.12. The number of fused-ring (bicyclic) bond motifs is 1. The van der Waals surface area contributed by atoms with Crippen molar-refractivity contribution in [1.29, 1.82) is 0 Å². The quantitative estimate of drug-likeness (QED) is 0.732. The standard InChI is InChI=1S/C14H13N3O.CH2O2/c1-10-13(11-5-3-6-12(9-11)18-2)14-15-7-4-8-17(14)16-10;2-1-3/h3-9H,1-2H3;1H,(H,2,3). The van der Waals surface area contributed by atoms with E-state index in [1.807, 2.05) is 43.5 Å². The van der Waals surface area contributed by atoms with Crippen molar-refractivity contribution in [2.75, 3.05) is 7.11 Å². The van der Waals surface area contributed by atoms with Crippen molar-refractivity contribution in [2.45, 2.75) is 6.92 Å². The number of aryl methyl sites for hydroxylation is 1. The monoisotopic (exact) mass is 285 g/mol. The number of benzene rings is 1. The molecule has 0 saturated heterocycles. The summed E-state index contributed by atoms with van der Waals surface area (Å²) in [5, 5.41) is 11.3. The average Bonchev–Trinajstić information content (AvgIpc) is 2.84. The number of hydrogen-bond donors (Lipinski definition) is 1. The molecule has 0 amide bonds. The van der Waals surface area contributed by atoms with E-state index in [4.69, 9.17) is 14.6 Å². The summed E-state index contributed by atoms with van der Waals surface area (Å²) in [6.07, 6.45) is 3.68. The van der Waals surface area contributed by atoms with Crippen LogP contribution < -0.4 is 4.74 Å². The largest absolute Gasteiger partial charge is 0.497 e. The van der Waals surface area contributed by atoms with Gasteiger partial charge in [0.2, 0.25) is 0 Å². The summed E-state index contributed by atoms with van der Waals surface area (Å²) in [7, 11) is 1.67. The first-order valence-corrected chi connectivity index (χ1v) is 6.23. The number of aromatic nitrogens is 3. The Hall–Kier alpha value is -2.89. The number of rotatable bonds is 2. The highest BCUT2D eigenvalue weighted by atomic mass is 16.5. The molecule has 1 N–H and O–H groups in total. The smallest absolute Gasteiger partial charge is 0.290 e. The zero-order valence-electron chi connectivity index (χ0n) is 11.7. The minimum absolute atomic E-state index is 0.250. The normalized spacial score (nSPS) is 9.81. The molecule has 3 aromatic rings. The fourth-order valence-electron chi connectivity index (χ4n) is 2.11. The van der Waals surface area contributed by atoms with Crippen molar-refractivity contribution in [3.63, 3.8) is 0 Å². The number of carboxylic acid groups (broad SMARTS) is 1. The molecule has 2 aromatic heterocycles. The Morgan fingerprint density at radius 1 is 1.33 bits per heavy atom. The van der Waals surface area contributed by atoms with Gasteiger partial charge in [-0.1, -0.05) is 12.1 Å². The Morgan fingerprint density at radius 2 is 2.10 bits per heavy atom. The number of carbonyl (C=O) groups is 1. The molecule has 6 nitrogen and oxygen atoms in total. The van der Waals surface area contributed by atoms with Gasteiger partial charge < -0.3 is 9.84 Å². The van der Waals surface area contributed by atoms with Crippen LogP contribution in [0.5, 0.6) is 5.75 Å². The first kappa shape index (κ1) is 14.5. The van der Waals surface area contributed by atoms with Crippen molar-refractivity contribution < 1.29 is 14.6 Å². The minimum Gasteiger partial charge on any atom is -0.497 e. The van der Waals surface area contributed by atoms with Gasteiger partial charge in [0.1, 0.15) is 5.75 Å². The molecule has 0 aliphatic heterocycles. The third-order valence-corrected chi connectivity index (χ3v) is 2.93. The Balaban J connectivity index is 0.000000497. The van der Waals surface area contributed by atoms with Gasteiger partial charge in [0.05, 0.1) is 12.8 Å². The topological polar surface area (TPSA) is 76.7 Å². The van der Waals surface area contributed by atoms with E-state index in [9.17, 15) is 0 Å². The van der Waals surface area contributed by atoms with Crippen molar-refractivity contribution >= 4 is 12.1 Å². The van der Waals surface area contributed by atoms with Crippen LogP contribution in [0.15, 0.2) is 42.7 Å². The first-order valence-electron chi connectivity index (χ1n) is 6.23. The Morgan fingerprint density at radius 3 is 2.81 bits per heavy atom. The molecular weight excluding hydrogens is 270 g/mol. The fourth-order valence-corrected chi connectivity index (χ4v) is 2.11. The van der Waals surface area contributed by atoms with Gasteiger partial charge in [-0.2, -0.15) is 5.10 Å².